The van der Waals surface area contributed by atoms with E-state index in [-0.39, 0.29) is 18.4 Å². The van der Waals surface area contributed by atoms with Crippen molar-refractivity contribution in [1.82, 2.24) is 9.80 Å². The van der Waals surface area contributed by atoms with Crippen LogP contribution in [0.3, 0.4) is 0 Å². The van der Waals surface area contributed by atoms with Crippen LogP contribution in [0.2, 0.25) is 0 Å². The van der Waals surface area contributed by atoms with Crippen LogP contribution in [0.25, 0.3) is 0 Å². The summed E-state index contributed by atoms with van der Waals surface area (Å²) in [6.45, 7) is 4.72. The van der Waals surface area contributed by atoms with Crippen molar-refractivity contribution in [1.29, 1.82) is 0 Å². The predicted octanol–water partition coefficient (Wildman–Crippen LogP) is 3.10. The van der Waals surface area contributed by atoms with Crippen LogP contribution in [-0.2, 0) is 9.59 Å². The molecule has 24 heavy (non-hydrogen) atoms. The largest absolute Gasteiger partial charge is 0.341 e. The van der Waals surface area contributed by atoms with Crippen molar-refractivity contribution in [2.45, 2.75) is 51.4 Å². The summed E-state index contributed by atoms with van der Waals surface area (Å²) in [4.78, 5) is 28.5. The molecule has 0 unspecified atom stereocenters. The molecule has 0 radical (unpaired) electrons. The highest BCUT2D eigenvalue weighted by Gasteiger charge is 2.27. The van der Waals surface area contributed by atoms with Crippen LogP contribution in [0.1, 0.15) is 55.6 Å². The number of amides is 2. The fourth-order valence-corrected chi connectivity index (χ4v) is 3.87. The summed E-state index contributed by atoms with van der Waals surface area (Å²) in [7, 11) is 0. The maximum Gasteiger partial charge on any atom is 0.242 e. The van der Waals surface area contributed by atoms with Crippen LogP contribution in [0.5, 0.6) is 0 Å². The smallest absolute Gasteiger partial charge is 0.242 e. The van der Waals surface area contributed by atoms with Crippen molar-refractivity contribution in [3.63, 3.8) is 0 Å². The molecule has 0 aliphatic carbocycles. The van der Waals surface area contributed by atoms with E-state index in [0.29, 0.717) is 12.3 Å². The minimum atomic E-state index is 0.114. The minimum Gasteiger partial charge on any atom is -0.341 e. The fraction of sp³-hybridized carbons (Fsp3) is 0.600. The number of benzene rings is 1. The quantitative estimate of drug-likeness (QED) is 0.855. The second-order valence-corrected chi connectivity index (χ2v) is 7.22. The average molecular weight is 328 g/mol. The van der Waals surface area contributed by atoms with Crippen LogP contribution < -0.4 is 0 Å². The molecular weight excluding hydrogens is 300 g/mol. The third kappa shape index (κ3) is 4.16. The standard InChI is InChI=1S/C20H28N2O2/c1-16-7-5-8-17(13-16)18-9-6-12-21(14-18)20(24)15-22-11-4-2-3-10-19(22)23/h5,7-8,13,18H,2-4,6,9-12,14-15H2,1H3/t18-/m1/s1. The summed E-state index contributed by atoms with van der Waals surface area (Å²) in [5, 5.41) is 0. The number of piperidine rings is 1. The van der Waals surface area contributed by atoms with Crippen molar-refractivity contribution >= 4 is 11.8 Å². The molecule has 2 aliphatic rings. The summed E-state index contributed by atoms with van der Waals surface area (Å²) in [6, 6.07) is 8.61. The van der Waals surface area contributed by atoms with Crippen molar-refractivity contribution in [2.75, 3.05) is 26.2 Å². The topological polar surface area (TPSA) is 40.6 Å². The van der Waals surface area contributed by atoms with Crippen LogP contribution >= 0.6 is 0 Å². The molecule has 0 saturated carbocycles. The Morgan fingerprint density at radius 3 is 2.88 bits per heavy atom. The first-order valence-electron chi connectivity index (χ1n) is 9.25. The van der Waals surface area contributed by atoms with Gasteiger partial charge < -0.3 is 9.80 Å². The fourth-order valence-electron chi connectivity index (χ4n) is 3.87. The summed E-state index contributed by atoms with van der Waals surface area (Å²) < 4.78 is 0. The van der Waals surface area contributed by atoms with Gasteiger partial charge in [0, 0.05) is 32.0 Å². The van der Waals surface area contributed by atoms with Crippen LogP contribution in [0, 0.1) is 6.92 Å². The van der Waals surface area contributed by atoms with E-state index >= 15 is 0 Å². The number of hydrogen-bond acceptors (Lipinski definition) is 2. The molecule has 1 aromatic carbocycles. The highest BCUT2D eigenvalue weighted by atomic mass is 16.2. The van der Waals surface area contributed by atoms with Crippen molar-refractivity contribution < 1.29 is 9.59 Å². The maximum atomic E-state index is 12.7. The first kappa shape index (κ1) is 17.0. The van der Waals surface area contributed by atoms with E-state index in [1.54, 1.807) is 4.90 Å². The van der Waals surface area contributed by atoms with E-state index < -0.39 is 0 Å². The lowest BCUT2D eigenvalue weighted by atomic mass is 9.90. The third-order valence-electron chi connectivity index (χ3n) is 5.29. The molecule has 0 N–H and O–H groups in total. The van der Waals surface area contributed by atoms with Gasteiger partial charge in [0.1, 0.15) is 0 Å². The lowest BCUT2D eigenvalue weighted by Gasteiger charge is -2.34. The molecule has 0 spiro atoms. The Morgan fingerprint density at radius 1 is 1.17 bits per heavy atom. The van der Waals surface area contributed by atoms with Gasteiger partial charge in [-0.15, -0.1) is 0 Å². The first-order chi connectivity index (χ1) is 11.6. The molecule has 0 bridgehead atoms. The van der Waals surface area contributed by atoms with Crippen LogP contribution in [-0.4, -0.2) is 47.8 Å². The molecule has 3 rings (SSSR count). The zero-order chi connectivity index (χ0) is 16.9. The maximum absolute atomic E-state index is 12.7. The highest BCUT2D eigenvalue weighted by molar-refractivity contribution is 5.85. The van der Waals surface area contributed by atoms with Gasteiger partial charge in [-0.3, -0.25) is 9.59 Å². The van der Waals surface area contributed by atoms with Crippen molar-refractivity contribution in [3.05, 3.63) is 35.4 Å². The zero-order valence-electron chi connectivity index (χ0n) is 14.7. The lowest BCUT2D eigenvalue weighted by Crippen LogP contribution is -2.46. The zero-order valence-corrected chi connectivity index (χ0v) is 14.7. The molecule has 4 heteroatoms. The van der Waals surface area contributed by atoms with Gasteiger partial charge in [-0.1, -0.05) is 36.2 Å². The minimum absolute atomic E-state index is 0.114. The molecule has 2 heterocycles. The van der Waals surface area contributed by atoms with E-state index in [0.717, 1.165) is 51.7 Å². The molecule has 2 fully saturated rings. The molecule has 2 saturated heterocycles. The second-order valence-electron chi connectivity index (χ2n) is 7.22. The molecule has 2 aliphatic heterocycles. The van der Waals surface area contributed by atoms with Gasteiger partial charge in [0.2, 0.25) is 11.8 Å². The van der Waals surface area contributed by atoms with Crippen molar-refractivity contribution in [3.8, 4) is 0 Å². The van der Waals surface area contributed by atoms with E-state index in [1.165, 1.54) is 11.1 Å². The molecule has 130 valence electrons. The number of carbonyl (C=O) groups is 2. The summed E-state index contributed by atoms with van der Waals surface area (Å²) in [5.41, 5.74) is 2.60. The van der Waals surface area contributed by atoms with Gasteiger partial charge in [-0.2, -0.15) is 0 Å². The Balaban J connectivity index is 1.61. The SMILES string of the molecule is Cc1cccc([C@@H]2CCCN(C(=O)CN3CCCCCC3=O)C2)c1. The Morgan fingerprint density at radius 2 is 2.04 bits per heavy atom. The molecule has 0 aromatic heterocycles. The monoisotopic (exact) mass is 328 g/mol. The summed E-state index contributed by atoms with van der Waals surface area (Å²) in [6.07, 6.45) is 5.84. The number of likely N-dealkylation sites (tertiary alicyclic amines) is 2. The van der Waals surface area contributed by atoms with Crippen LogP contribution in [0.15, 0.2) is 24.3 Å². The van der Waals surface area contributed by atoms with Gasteiger partial charge in [-0.05, 0) is 38.2 Å². The number of carbonyl (C=O) groups excluding carboxylic acids is 2. The van der Waals surface area contributed by atoms with Gasteiger partial charge in [0.15, 0.2) is 0 Å². The summed E-state index contributed by atoms with van der Waals surface area (Å²) >= 11 is 0. The number of rotatable bonds is 3. The van der Waals surface area contributed by atoms with Gasteiger partial charge in [-0.25, -0.2) is 0 Å². The number of aryl methyl sites for hydroxylation is 1. The number of hydrogen-bond donors (Lipinski definition) is 0. The van der Waals surface area contributed by atoms with Gasteiger partial charge >= 0.3 is 0 Å². The molecule has 1 aromatic rings. The van der Waals surface area contributed by atoms with E-state index in [1.807, 2.05) is 4.90 Å². The normalized spacial score (nSPS) is 22.4. The van der Waals surface area contributed by atoms with Crippen LogP contribution in [0.4, 0.5) is 0 Å². The molecule has 1 atom stereocenters. The predicted molar refractivity (Wildman–Crippen MR) is 94.8 cm³/mol. The Kier molecular flexibility index (Phi) is 5.54. The Labute approximate surface area is 144 Å². The van der Waals surface area contributed by atoms with Gasteiger partial charge in [0.05, 0.1) is 6.54 Å². The second kappa shape index (κ2) is 7.82. The highest BCUT2D eigenvalue weighted by Crippen LogP contribution is 2.27. The van der Waals surface area contributed by atoms with E-state index in [2.05, 4.69) is 31.2 Å². The number of nitrogens with zero attached hydrogens (tertiary/aromatic N) is 2. The Hall–Kier alpha value is -1.84. The first-order valence-corrected chi connectivity index (χ1v) is 9.25. The van der Waals surface area contributed by atoms with E-state index in [9.17, 15) is 9.59 Å². The lowest BCUT2D eigenvalue weighted by molar-refractivity contribution is -0.140. The van der Waals surface area contributed by atoms with Crippen molar-refractivity contribution in [2.24, 2.45) is 0 Å². The molecular formula is C20H28N2O2. The molecule has 4 nitrogen and oxygen atoms in total. The summed E-state index contributed by atoms with van der Waals surface area (Å²) in [5.74, 6) is 0.679. The third-order valence-corrected chi connectivity index (χ3v) is 5.29. The van der Waals surface area contributed by atoms with E-state index in [4.69, 9.17) is 0 Å². The molecule has 2 amide bonds. The van der Waals surface area contributed by atoms with Gasteiger partial charge in [0.25, 0.3) is 0 Å². The Bertz CT molecular complexity index is 599. The average Bonchev–Trinajstić information content (AvgIpc) is 2.80.